The maximum atomic E-state index is 13.4. The Morgan fingerprint density at radius 1 is 1.00 bits per heavy atom. The number of halogens is 2. The van der Waals surface area contributed by atoms with Gasteiger partial charge in [0.25, 0.3) is 11.5 Å². The minimum atomic E-state index is -0.366. The van der Waals surface area contributed by atoms with Gasteiger partial charge in [-0.1, -0.05) is 63.9 Å². The molecule has 0 saturated heterocycles. The molecule has 0 bridgehead atoms. The number of carbonyl (C=O) groups excluding carboxylic acids is 1. The van der Waals surface area contributed by atoms with E-state index in [1.165, 1.54) is 9.58 Å². The summed E-state index contributed by atoms with van der Waals surface area (Å²) in [4.78, 5) is 27.8. The lowest BCUT2D eigenvalue weighted by atomic mass is 10.1. The quantitative estimate of drug-likeness (QED) is 0.421. The fourth-order valence-corrected chi connectivity index (χ4v) is 3.91. The van der Waals surface area contributed by atoms with E-state index in [1.807, 2.05) is 18.2 Å². The summed E-state index contributed by atoms with van der Waals surface area (Å²) < 4.78 is 2.07. The maximum Gasteiger partial charge on any atom is 0.279 e. The van der Waals surface area contributed by atoms with Gasteiger partial charge in [0, 0.05) is 16.9 Å². The molecule has 4 aromatic rings. The average molecular weight is 469 g/mol. The molecule has 5 nitrogen and oxygen atoms in total. The van der Waals surface area contributed by atoms with Crippen LogP contribution in [0.1, 0.15) is 10.5 Å². The Morgan fingerprint density at radius 2 is 1.66 bits per heavy atom. The SMILES string of the molecule is CN(C(=O)c1nn(-c2ccccc2)c(=O)c2ccccc12)c1ccc(Br)cc1Cl. The van der Waals surface area contributed by atoms with Crippen LogP contribution in [0, 0.1) is 0 Å². The van der Waals surface area contributed by atoms with Crippen LogP contribution in [0.3, 0.4) is 0 Å². The van der Waals surface area contributed by atoms with Gasteiger partial charge in [-0.3, -0.25) is 9.59 Å². The van der Waals surface area contributed by atoms with Crippen LogP contribution in [0.5, 0.6) is 0 Å². The lowest BCUT2D eigenvalue weighted by Crippen LogP contribution is -2.31. The Balaban J connectivity index is 1.92. The number of benzene rings is 3. The lowest BCUT2D eigenvalue weighted by Gasteiger charge is -2.20. The minimum Gasteiger partial charge on any atom is -0.309 e. The van der Waals surface area contributed by atoms with E-state index in [0.717, 1.165) is 4.47 Å². The number of nitrogens with zero attached hydrogens (tertiary/aromatic N) is 3. The third-order valence-electron chi connectivity index (χ3n) is 4.58. The molecule has 4 rings (SSSR count). The fourth-order valence-electron chi connectivity index (χ4n) is 3.11. The summed E-state index contributed by atoms with van der Waals surface area (Å²) >= 11 is 9.69. The van der Waals surface area contributed by atoms with Crippen LogP contribution in [0.25, 0.3) is 16.5 Å². The van der Waals surface area contributed by atoms with Gasteiger partial charge < -0.3 is 4.90 Å². The smallest absolute Gasteiger partial charge is 0.279 e. The summed E-state index contributed by atoms with van der Waals surface area (Å²) in [6.07, 6.45) is 0. The van der Waals surface area contributed by atoms with Gasteiger partial charge in [0.2, 0.25) is 0 Å². The molecule has 0 N–H and O–H groups in total. The number of hydrogen-bond donors (Lipinski definition) is 0. The first-order valence-electron chi connectivity index (χ1n) is 8.78. The summed E-state index contributed by atoms with van der Waals surface area (Å²) in [7, 11) is 1.63. The largest absolute Gasteiger partial charge is 0.309 e. The number of rotatable bonds is 3. The highest BCUT2D eigenvalue weighted by Gasteiger charge is 2.22. The zero-order valence-corrected chi connectivity index (χ0v) is 17.7. The van der Waals surface area contributed by atoms with Gasteiger partial charge in [0.15, 0.2) is 5.69 Å². The van der Waals surface area contributed by atoms with Crippen molar-refractivity contribution in [2.24, 2.45) is 0 Å². The molecule has 0 aliphatic heterocycles. The third-order valence-corrected chi connectivity index (χ3v) is 5.38. The number of carbonyl (C=O) groups is 1. The van der Waals surface area contributed by atoms with Crippen LogP contribution in [0.15, 0.2) is 82.1 Å². The summed E-state index contributed by atoms with van der Waals surface area (Å²) in [6.45, 7) is 0. The fraction of sp³-hybridized carbons (Fsp3) is 0.0455. The van der Waals surface area contributed by atoms with E-state index < -0.39 is 0 Å². The number of aromatic nitrogens is 2. The Kier molecular flexibility index (Phi) is 5.22. The molecule has 1 amide bonds. The van der Waals surface area contributed by atoms with E-state index >= 15 is 0 Å². The maximum absolute atomic E-state index is 13.4. The first-order valence-corrected chi connectivity index (χ1v) is 9.95. The standard InChI is InChI=1S/C22H15BrClN3O2/c1-26(19-12-11-14(23)13-18(19)24)22(29)20-16-9-5-6-10-17(16)21(28)27(25-20)15-7-3-2-4-8-15/h2-13H,1H3. The molecule has 7 heteroatoms. The Morgan fingerprint density at radius 3 is 2.34 bits per heavy atom. The Labute approximate surface area is 180 Å². The van der Waals surface area contributed by atoms with Gasteiger partial charge in [-0.05, 0) is 36.4 Å². The highest BCUT2D eigenvalue weighted by atomic mass is 79.9. The van der Waals surface area contributed by atoms with Crippen molar-refractivity contribution < 1.29 is 4.79 Å². The van der Waals surface area contributed by atoms with Crippen LogP contribution in [0.2, 0.25) is 5.02 Å². The van der Waals surface area contributed by atoms with Crippen LogP contribution in [-0.4, -0.2) is 22.7 Å². The number of para-hydroxylation sites is 1. The molecule has 1 heterocycles. The van der Waals surface area contributed by atoms with Gasteiger partial charge in [0.1, 0.15) is 0 Å². The summed E-state index contributed by atoms with van der Waals surface area (Å²) in [5, 5.41) is 5.77. The molecule has 0 aliphatic rings. The number of anilines is 1. The van der Waals surface area contributed by atoms with E-state index in [9.17, 15) is 9.59 Å². The van der Waals surface area contributed by atoms with Gasteiger partial charge in [0.05, 0.1) is 21.8 Å². The predicted octanol–water partition coefficient (Wildman–Crippen LogP) is 5.08. The zero-order valence-electron chi connectivity index (χ0n) is 15.3. The second-order valence-corrected chi connectivity index (χ2v) is 7.73. The van der Waals surface area contributed by atoms with Crippen LogP contribution < -0.4 is 10.5 Å². The van der Waals surface area contributed by atoms with E-state index in [4.69, 9.17) is 11.6 Å². The minimum absolute atomic E-state index is 0.172. The summed E-state index contributed by atoms with van der Waals surface area (Å²) in [5.41, 5.74) is 1.02. The van der Waals surface area contributed by atoms with Crippen LogP contribution in [0.4, 0.5) is 5.69 Å². The number of hydrogen-bond acceptors (Lipinski definition) is 3. The van der Waals surface area contributed by atoms with Crippen molar-refractivity contribution in [2.75, 3.05) is 11.9 Å². The van der Waals surface area contributed by atoms with E-state index in [1.54, 1.807) is 61.6 Å². The van der Waals surface area contributed by atoms with E-state index in [2.05, 4.69) is 21.0 Å². The van der Waals surface area contributed by atoms with Crippen molar-refractivity contribution in [3.8, 4) is 5.69 Å². The van der Waals surface area contributed by atoms with Crippen molar-refractivity contribution in [1.29, 1.82) is 0 Å². The van der Waals surface area contributed by atoms with E-state index in [-0.39, 0.29) is 17.2 Å². The van der Waals surface area contributed by atoms with Crippen molar-refractivity contribution in [2.45, 2.75) is 0 Å². The molecule has 0 aliphatic carbocycles. The molecule has 29 heavy (non-hydrogen) atoms. The monoisotopic (exact) mass is 467 g/mol. The molecule has 0 unspecified atom stereocenters. The highest BCUT2D eigenvalue weighted by Crippen LogP contribution is 2.29. The second kappa shape index (κ2) is 7.81. The van der Waals surface area contributed by atoms with E-state index in [0.29, 0.717) is 27.2 Å². The van der Waals surface area contributed by atoms with Crippen molar-refractivity contribution >= 4 is 49.9 Å². The van der Waals surface area contributed by atoms with Gasteiger partial charge in [-0.15, -0.1) is 0 Å². The predicted molar refractivity (Wildman–Crippen MR) is 119 cm³/mol. The van der Waals surface area contributed by atoms with Crippen LogP contribution >= 0.6 is 27.5 Å². The number of amides is 1. The molecule has 0 saturated carbocycles. The molecule has 1 aromatic heterocycles. The molecular weight excluding hydrogens is 454 g/mol. The third kappa shape index (κ3) is 3.57. The Bertz CT molecular complexity index is 1290. The zero-order chi connectivity index (χ0) is 20.5. The highest BCUT2D eigenvalue weighted by molar-refractivity contribution is 9.10. The van der Waals surface area contributed by atoms with Gasteiger partial charge in [-0.25, -0.2) is 0 Å². The first-order chi connectivity index (χ1) is 14.0. The van der Waals surface area contributed by atoms with Crippen LogP contribution in [-0.2, 0) is 0 Å². The second-order valence-electron chi connectivity index (χ2n) is 6.41. The van der Waals surface area contributed by atoms with Crippen molar-refractivity contribution in [3.63, 3.8) is 0 Å². The molecule has 0 atom stereocenters. The average Bonchev–Trinajstić information content (AvgIpc) is 2.74. The molecular formula is C22H15BrClN3O2. The molecule has 0 fully saturated rings. The summed E-state index contributed by atoms with van der Waals surface area (Å²) in [5.74, 6) is -0.366. The topological polar surface area (TPSA) is 55.2 Å². The molecule has 0 radical (unpaired) electrons. The Hall–Kier alpha value is -2.96. The molecule has 0 spiro atoms. The molecule has 3 aromatic carbocycles. The summed E-state index contributed by atoms with van der Waals surface area (Å²) in [6, 6.07) is 21.3. The lowest BCUT2D eigenvalue weighted by molar-refractivity contribution is 0.0988. The first kappa shape index (κ1) is 19.4. The van der Waals surface area contributed by atoms with Gasteiger partial charge >= 0.3 is 0 Å². The normalized spacial score (nSPS) is 10.9. The number of fused-ring (bicyclic) bond motifs is 1. The van der Waals surface area contributed by atoms with Crippen molar-refractivity contribution in [1.82, 2.24) is 9.78 Å². The van der Waals surface area contributed by atoms with Crippen molar-refractivity contribution in [3.05, 3.63) is 98.3 Å². The molecule has 144 valence electrons. The van der Waals surface area contributed by atoms with Gasteiger partial charge in [-0.2, -0.15) is 9.78 Å².